The van der Waals surface area contributed by atoms with E-state index in [4.69, 9.17) is 4.42 Å². The predicted molar refractivity (Wildman–Crippen MR) is 101 cm³/mol. The maximum absolute atomic E-state index is 12.5. The summed E-state index contributed by atoms with van der Waals surface area (Å²) in [5.74, 6) is 0. The van der Waals surface area contributed by atoms with Crippen molar-refractivity contribution in [1.82, 2.24) is 9.47 Å². The number of para-hydroxylation sites is 1. The fraction of sp³-hybridized carbons (Fsp3) is 0.158. The van der Waals surface area contributed by atoms with E-state index in [1.807, 2.05) is 42.5 Å². The van der Waals surface area contributed by atoms with E-state index in [1.165, 1.54) is 11.3 Å². The largest absolute Gasteiger partial charge is 0.422 e. The number of hydrogen-bond acceptors (Lipinski definition) is 4. The zero-order valence-electron chi connectivity index (χ0n) is 13.7. The lowest BCUT2D eigenvalue weighted by Gasteiger charge is -2.23. The molecule has 0 aliphatic carbocycles. The summed E-state index contributed by atoms with van der Waals surface area (Å²) in [6.07, 6.45) is 0. The smallest absolute Gasteiger partial charge is 0.346 e. The van der Waals surface area contributed by atoms with E-state index in [0.717, 1.165) is 21.3 Å². The maximum atomic E-state index is 12.5. The standard InChI is InChI=1S/C19H17N2O2S/c1-21(2,3)13-9-8-12-10-14(19(22)23-16(12)11-13)18-20-15-6-4-5-7-17(15)24-18/h4-11H,1-3H3/q+1. The second kappa shape index (κ2) is 5.26. The van der Waals surface area contributed by atoms with Crippen molar-refractivity contribution in [3.8, 4) is 10.6 Å². The Hall–Kier alpha value is -2.50. The molecule has 4 rings (SSSR count). The van der Waals surface area contributed by atoms with Gasteiger partial charge in [0.25, 0.3) is 0 Å². The van der Waals surface area contributed by atoms with Crippen LogP contribution in [0.5, 0.6) is 0 Å². The van der Waals surface area contributed by atoms with Gasteiger partial charge in [0.05, 0.1) is 36.9 Å². The van der Waals surface area contributed by atoms with E-state index in [9.17, 15) is 4.79 Å². The number of quaternary nitrogens is 1. The second-order valence-corrected chi connectivity index (χ2v) is 7.70. The summed E-state index contributed by atoms with van der Waals surface area (Å²) in [6.45, 7) is 0. The first-order valence-electron chi connectivity index (χ1n) is 7.68. The van der Waals surface area contributed by atoms with Gasteiger partial charge in [-0.15, -0.1) is 11.3 Å². The van der Waals surface area contributed by atoms with Gasteiger partial charge in [-0.25, -0.2) is 9.78 Å². The first kappa shape index (κ1) is 15.1. The molecule has 0 aliphatic heterocycles. The highest BCUT2D eigenvalue weighted by atomic mass is 32.1. The quantitative estimate of drug-likeness (QED) is 0.405. The second-order valence-electron chi connectivity index (χ2n) is 6.67. The third-order valence-electron chi connectivity index (χ3n) is 4.02. The van der Waals surface area contributed by atoms with Crippen LogP contribution in [-0.4, -0.2) is 26.1 Å². The summed E-state index contributed by atoms with van der Waals surface area (Å²) in [6, 6.07) is 15.7. The number of thiazole rings is 1. The Bertz CT molecular complexity index is 1090. The van der Waals surface area contributed by atoms with Gasteiger partial charge in [0, 0.05) is 11.5 Å². The lowest BCUT2D eigenvalue weighted by atomic mass is 10.1. The van der Waals surface area contributed by atoms with Crippen molar-refractivity contribution >= 4 is 38.2 Å². The highest BCUT2D eigenvalue weighted by Crippen LogP contribution is 2.30. The summed E-state index contributed by atoms with van der Waals surface area (Å²) in [5.41, 5.74) is 2.76. The van der Waals surface area contributed by atoms with Gasteiger partial charge in [0.15, 0.2) is 0 Å². The summed E-state index contributed by atoms with van der Waals surface area (Å²) < 4.78 is 7.31. The van der Waals surface area contributed by atoms with Gasteiger partial charge in [-0.1, -0.05) is 12.1 Å². The Morgan fingerprint density at radius 2 is 1.83 bits per heavy atom. The molecule has 0 saturated heterocycles. The lowest BCUT2D eigenvalue weighted by molar-refractivity contribution is 0.484. The number of rotatable bonds is 2. The normalized spacial score (nSPS) is 12.1. The maximum Gasteiger partial charge on any atom is 0.346 e. The van der Waals surface area contributed by atoms with Crippen LogP contribution in [0.3, 0.4) is 0 Å². The lowest BCUT2D eigenvalue weighted by Crippen LogP contribution is -2.34. The van der Waals surface area contributed by atoms with Gasteiger partial charge in [0.1, 0.15) is 16.3 Å². The van der Waals surface area contributed by atoms with Crippen LogP contribution in [0, 0.1) is 0 Å². The van der Waals surface area contributed by atoms with E-state index in [1.54, 1.807) is 0 Å². The molecule has 0 spiro atoms. The summed E-state index contributed by atoms with van der Waals surface area (Å²) >= 11 is 1.51. The fourth-order valence-corrected chi connectivity index (χ4v) is 3.62. The first-order valence-corrected chi connectivity index (χ1v) is 8.49. The zero-order valence-corrected chi connectivity index (χ0v) is 14.6. The van der Waals surface area contributed by atoms with Gasteiger partial charge >= 0.3 is 5.63 Å². The van der Waals surface area contributed by atoms with Gasteiger partial charge in [-0.05, 0) is 30.3 Å². The number of fused-ring (bicyclic) bond motifs is 2. The minimum absolute atomic E-state index is 0.347. The van der Waals surface area contributed by atoms with Crippen molar-refractivity contribution in [2.24, 2.45) is 0 Å². The van der Waals surface area contributed by atoms with Crippen molar-refractivity contribution < 1.29 is 4.42 Å². The van der Waals surface area contributed by atoms with E-state index in [0.29, 0.717) is 20.6 Å². The van der Waals surface area contributed by atoms with E-state index in [-0.39, 0.29) is 5.63 Å². The van der Waals surface area contributed by atoms with Gasteiger partial charge < -0.3 is 4.42 Å². The van der Waals surface area contributed by atoms with Crippen molar-refractivity contribution in [1.29, 1.82) is 0 Å². The van der Waals surface area contributed by atoms with Crippen LogP contribution >= 0.6 is 11.3 Å². The molecule has 2 heterocycles. The van der Waals surface area contributed by atoms with Crippen LogP contribution in [0.2, 0.25) is 0 Å². The highest BCUT2D eigenvalue weighted by molar-refractivity contribution is 7.21. The highest BCUT2D eigenvalue weighted by Gasteiger charge is 2.16. The van der Waals surface area contributed by atoms with Crippen molar-refractivity contribution in [2.45, 2.75) is 0 Å². The molecule has 0 bridgehead atoms. The Labute approximate surface area is 143 Å². The van der Waals surface area contributed by atoms with Gasteiger partial charge in [0.2, 0.25) is 0 Å². The molecule has 24 heavy (non-hydrogen) atoms. The number of nitrogens with zero attached hydrogens (tertiary/aromatic N) is 2. The predicted octanol–water partition coefficient (Wildman–Crippen LogP) is 4.27. The summed E-state index contributed by atoms with van der Waals surface area (Å²) in [7, 11) is 6.23. The molecule has 5 heteroatoms. The monoisotopic (exact) mass is 337 g/mol. The minimum atomic E-state index is -0.347. The third kappa shape index (κ3) is 2.52. The molecule has 120 valence electrons. The van der Waals surface area contributed by atoms with Crippen LogP contribution in [0.4, 0.5) is 5.69 Å². The fourth-order valence-electron chi connectivity index (χ4n) is 2.65. The Morgan fingerprint density at radius 1 is 1.04 bits per heavy atom. The Morgan fingerprint density at radius 3 is 2.58 bits per heavy atom. The molecule has 4 aromatic rings. The van der Waals surface area contributed by atoms with Crippen LogP contribution in [0.15, 0.2) is 57.7 Å². The molecule has 0 unspecified atom stereocenters. The van der Waals surface area contributed by atoms with Crippen LogP contribution in [-0.2, 0) is 0 Å². The van der Waals surface area contributed by atoms with Gasteiger partial charge in [-0.3, -0.25) is 4.48 Å². The molecule has 0 N–H and O–H groups in total. The van der Waals surface area contributed by atoms with Crippen LogP contribution < -0.4 is 10.1 Å². The van der Waals surface area contributed by atoms with Gasteiger partial charge in [-0.2, -0.15) is 0 Å². The molecule has 0 saturated carbocycles. The molecule has 0 radical (unpaired) electrons. The minimum Gasteiger partial charge on any atom is -0.422 e. The summed E-state index contributed by atoms with van der Waals surface area (Å²) in [4.78, 5) is 17.0. The van der Waals surface area contributed by atoms with E-state index >= 15 is 0 Å². The van der Waals surface area contributed by atoms with E-state index in [2.05, 4.69) is 32.2 Å². The molecule has 2 aromatic heterocycles. The van der Waals surface area contributed by atoms with E-state index < -0.39 is 0 Å². The molecule has 0 aliphatic rings. The molecule has 0 atom stereocenters. The zero-order chi connectivity index (χ0) is 16.9. The molecule has 0 amide bonds. The first-order chi connectivity index (χ1) is 11.4. The Balaban J connectivity index is 1.90. The average molecular weight is 337 g/mol. The van der Waals surface area contributed by atoms with Crippen LogP contribution in [0.1, 0.15) is 0 Å². The topological polar surface area (TPSA) is 43.1 Å². The van der Waals surface area contributed by atoms with Crippen molar-refractivity contribution in [2.75, 3.05) is 21.1 Å². The molecule has 0 fully saturated rings. The van der Waals surface area contributed by atoms with Crippen LogP contribution in [0.25, 0.3) is 31.8 Å². The molecular formula is C19H17N2O2S+. The molecular weight excluding hydrogens is 320 g/mol. The van der Waals surface area contributed by atoms with Crippen molar-refractivity contribution in [3.05, 3.63) is 59.0 Å². The SMILES string of the molecule is C[N+](C)(C)c1ccc2cc(-c3nc4ccccc4s3)c(=O)oc2c1. The third-order valence-corrected chi connectivity index (χ3v) is 5.09. The van der Waals surface area contributed by atoms with Crippen molar-refractivity contribution in [3.63, 3.8) is 0 Å². The molecule has 2 aromatic carbocycles. The Kier molecular flexibility index (Phi) is 3.30. The number of aromatic nitrogens is 1. The molecule has 4 nitrogen and oxygen atoms in total. The summed E-state index contributed by atoms with van der Waals surface area (Å²) in [5, 5.41) is 1.60. The number of hydrogen-bond donors (Lipinski definition) is 0. The number of benzene rings is 2. The average Bonchev–Trinajstić information content (AvgIpc) is 2.96.